The van der Waals surface area contributed by atoms with E-state index in [1.165, 1.54) is 25.7 Å². The third kappa shape index (κ3) is 0.956. The molecule has 1 saturated carbocycles. The average Bonchev–Trinajstić information content (AvgIpc) is 2.34. The van der Waals surface area contributed by atoms with Gasteiger partial charge in [-0.2, -0.15) is 0 Å². The van der Waals surface area contributed by atoms with Crippen molar-refractivity contribution < 1.29 is 0 Å². The van der Waals surface area contributed by atoms with Crippen LogP contribution in [0.2, 0.25) is 0 Å². The van der Waals surface area contributed by atoms with E-state index in [1.807, 2.05) is 0 Å². The zero-order chi connectivity index (χ0) is 6.97. The fourth-order valence-corrected chi connectivity index (χ4v) is 2.26. The van der Waals surface area contributed by atoms with Crippen molar-refractivity contribution in [2.45, 2.75) is 37.8 Å². The van der Waals surface area contributed by atoms with Crippen LogP contribution < -0.4 is 5.32 Å². The predicted molar refractivity (Wildman–Crippen MR) is 41.8 cm³/mol. The lowest BCUT2D eigenvalue weighted by atomic mass is 9.91. The quantitative estimate of drug-likeness (QED) is 0.535. The van der Waals surface area contributed by atoms with Gasteiger partial charge in [0.05, 0.1) is 0 Å². The first kappa shape index (κ1) is 6.62. The summed E-state index contributed by atoms with van der Waals surface area (Å²) in [6.07, 6.45) is 5.68. The van der Waals surface area contributed by atoms with Crippen molar-refractivity contribution in [3.8, 4) is 0 Å². The Bertz CT molecular complexity index is 122. The van der Waals surface area contributed by atoms with Crippen LogP contribution in [0.3, 0.4) is 0 Å². The second-order valence-corrected chi connectivity index (χ2v) is 3.58. The number of nitrogens with one attached hydrogen (secondary N) is 1. The van der Waals surface area contributed by atoms with E-state index in [9.17, 15) is 0 Å². The van der Waals surface area contributed by atoms with E-state index in [0.717, 1.165) is 18.8 Å². The first-order valence-electron chi connectivity index (χ1n) is 4.31. The van der Waals surface area contributed by atoms with Crippen LogP contribution in [0.5, 0.6) is 0 Å². The Labute approximate surface area is 62.6 Å². The number of likely N-dealkylation sites (N-methyl/N-ethyl adjacent to an activating group) is 1. The smallest absolute Gasteiger partial charge is 0.0483 e. The van der Waals surface area contributed by atoms with Gasteiger partial charge in [-0.25, -0.2) is 0 Å². The van der Waals surface area contributed by atoms with Gasteiger partial charge in [-0.15, -0.1) is 0 Å². The molecular weight excluding hydrogens is 124 g/mol. The maximum Gasteiger partial charge on any atom is 0.0483 e. The highest BCUT2D eigenvalue weighted by molar-refractivity contribution is 4.91. The lowest BCUT2D eigenvalue weighted by Crippen LogP contribution is -2.36. The standard InChI is InChI=1S/C8H16N2/c1-10-6-9-7-4-2-3-5-8(7)10/h7-9H,2-6H2,1H3. The maximum atomic E-state index is 3.53. The molecule has 0 aromatic carbocycles. The molecule has 2 heteroatoms. The van der Waals surface area contributed by atoms with E-state index in [-0.39, 0.29) is 0 Å². The van der Waals surface area contributed by atoms with Crippen molar-refractivity contribution in [1.29, 1.82) is 0 Å². The van der Waals surface area contributed by atoms with Crippen molar-refractivity contribution in [2.75, 3.05) is 13.7 Å². The number of hydrogen-bond donors (Lipinski definition) is 1. The highest BCUT2D eigenvalue weighted by Gasteiger charge is 2.32. The zero-order valence-electron chi connectivity index (χ0n) is 6.64. The van der Waals surface area contributed by atoms with Gasteiger partial charge in [0.15, 0.2) is 0 Å². The minimum Gasteiger partial charge on any atom is -0.300 e. The molecule has 0 bridgehead atoms. The summed E-state index contributed by atoms with van der Waals surface area (Å²) in [4.78, 5) is 2.45. The van der Waals surface area contributed by atoms with Gasteiger partial charge in [-0.05, 0) is 19.9 Å². The molecule has 1 N–H and O–H groups in total. The van der Waals surface area contributed by atoms with Crippen molar-refractivity contribution in [1.82, 2.24) is 10.2 Å². The molecule has 0 aromatic rings. The lowest BCUT2D eigenvalue weighted by Gasteiger charge is -2.27. The first-order valence-corrected chi connectivity index (χ1v) is 4.31. The molecule has 1 heterocycles. The molecule has 2 fully saturated rings. The summed E-state index contributed by atoms with van der Waals surface area (Å²) in [5.41, 5.74) is 0. The van der Waals surface area contributed by atoms with Crippen LogP contribution in [-0.2, 0) is 0 Å². The van der Waals surface area contributed by atoms with Crippen LogP contribution in [0.4, 0.5) is 0 Å². The lowest BCUT2D eigenvalue weighted by molar-refractivity contribution is 0.246. The third-order valence-electron chi connectivity index (χ3n) is 2.90. The Morgan fingerprint density at radius 2 is 2.10 bits per heavy atom. The van der Waals surface area contributed by atoms with E-state index in [2.05, 4.69) is 17.3 Å². The molecule has 2 unspecified atom stereocenters. The number of hydrogen-bond acceptors (Lipinski definition) is 2. The topological polar surface area (TPSA) is 15.3 Å². The largest absolute Gasteiger partial charge is 0.300 e. The van der Waals surface area contributed by atoms with E-state index in [1.54, 1.807) is 0 Å². The molecule has 2 nitrogen and oxygen atoms in total. The molecule has 2 aliphatic rings. The van der Waals surface area contributed by atoms with Crippen molar-refractivity contribution >= 4 is 0 Å². The van der Waals surface area contributed by atoms with Crippen LogP contribution in [0, 0.1) is 0 Å². The highest BCUT2D eigenvalue weighted by Crippen LogP contribution is 2.25. The van der Waals surface area contributed by atoms with Crippen molar-refractivity contribution in [3.05, 3.63) is 0 Å². The number of rotatable bonds is 0. The summed E-state index contributed by atoms with van der Waals surface area (Å²) < 4.78 is 0. The predicted octanol–water partition coefficient (Wildman–Crippen LogP) is 0.790. The summed E-state index contributed by atoms with van der Waals surface area (Å²) in [6.45, 7) is 1.11. The van der Waals surface area contributed by atoms with Crippen LogP contribution in [0.25, 0.3) is 0 Å². The van der Waals surface area contributed by atoms with Crippen molar-refractivity contribution in [2.24, 2.45) is 0 Å². The molecule has 0 spiro atoms. The third-order valence-corrected chi connectivity index (χ3v) is 2.90. The Morgan fingerprint density at radius 1 is 1.30 bits per heavy atom. The molecule has 2 atom stereocenters. The summed E-state index contributed by atoms with van der Waals surface area (Å²) >= 11 is 0. The SMILES string of the molecule is CN1CNC2CCCCC21. The van der Waals surface area contributed by atoms with Gasteiger partial charge < -0.3 is 0 Å². The summed E-state index contributed by atoms with van der Waals surface area (Å²) in [5.74, 6) is 0. The minimum atomic E-state index is 0.818. The van der Waals surface area contributed by atoms with Gasteiger partial charge in [0.1, 0.15) is 0 Å². The molecule has 58 valence electrons. The molecule has 0 aromatic heterocycles. The average molecular weight is 140 g/mol. The molecule has 1 aliphatic heterocycles. The molecule has 2 rings (SSSR count). The Morgan fingerprint density at radius 3 is 2.90 bits per heavy atom. The van der Waals surface area contributed by atoms with E-state index in [0.29, 0.717) is 0 Å². The normalized spacial score (nSPS) is 41.7. The fourth-order valence-electron chi connectivity index (χ4n) is 2.26. The molecule has 0 radical (unpaired) electrons. The molecule has 1 saturated heterocycles. The van der Waals surface area contributed by atoms with E-state index in [4.69, 9.17) is 0 Å². The van der Waals surface area contributed by atoms with Gasteiger partial charge in [0, 0.05) is 18.8 Å². The Balaban J connectivity index is 2.01. The van der Waals surface area contributed by atoms with E-state index < -0.39 is 0 Å². The van der Waals surface area contributed by atoms with Gasteiger partial charge in [-0.3, -0.25) is 10.2 Å². The molecular formula is C8H16N2. The molecule has 10 heavy (non-hydrogen) atoms. The number of fused-ring (bicyclic) bond motifs is 1. The van der Waals surface area contributed by atoms with Crippen LogP contribution in [0.15, 0.2) is 0 Å². The van der Waals surface area contributed by atoms with Gasteiger partial charge in [0.25, 0.3) is 0 Å². The Hall–Kier alpha value is -0.0800. The minimum absolute atomic E-state index is 0.818. The Kier molecular flexibility index (Phi) is 1.66. The van der Waals surface area contributed by atoms with Gasteiger partial charge in [0.2, 0.25) is 0 Å². The summed E-state index contributed by atoms with van der Waals surface area (Å²) in [5, 5.41) is 3.53. The van der Waals surface area contributed by atoms with E-state index >= 15 is 0 Å². The van der Waals surface area contributed by atoms with Gasteiger partial charge >= 0.3 is 0 Å². The first-order chi connectivity index (χ1) is 4.88. The van der Waals surface area contributed by atoms with Crippen LogP contribution >= 0.6 is 0 Å². The number of nitrogens with zero attached hydrogens (tertiary/aromatic N) is 1. The maximum absolute atomic E-state index is 3.53. The van der Waals surface area contributed by atoms with Crippen molar-refractivity contribution in [3.63, 3.8) is 0 Å². The molecule has 0 amide bonds. The second kappa shape index (κ2) is 2.51. The highest BCUT2D eigenvalue weighted by atomic mass is 15.3. The monoisotopic (exact) mass is 140 g/mol. The van der Waals surface area contributed by atoms with Crippen LogP contribution in [-0.4, -0.2) is 30.7 Å². The molecule has 1 aliphatic carbocycles. The summed E-state index contributed by atoms with van der Waals surface area (Å²) in [6, 6.07) is 1.67. The van der Waals surface area contributed by atoms with Crippen LogP contribution in [0.1, 0.15) is 25.7 Å². The van der Waals surface area contributed by atoms with Gasteiger partial charge in [-0.1, -0.05) is 12.8 Å². The zero-order valence-corrected chi connectivity index (χ0v) is 6.64. The second-order valence-electron chi connectivity index (χ2n) is 3.58. The summed E-state index contributed by atoms with van der Waals surface area (Å²) in [7, 11) is 2.23. The fraction of sp³-hybridized carbons (Fsp3) is 1.00.